The second-order valence-electron chi connectivity index (χ2n) is 3.98. The Bertz CT molecular complexity index is 488. The molecule has 0 bridgehead atoms. The van der Waals surface area contributed by atoms with Crippen LogP contribution in [0.1, 0.15) is 18.9 Å². The van der Waals surface area contributed by atoms with E-state index in [1.54, 1.807) is 25.1 Å². The van der Waals surface area contributed by atoms with Gasteiger partial charge in [-0.1, -0.05) is 25.1 Å². The molecule has 0 saturated heterocycles. The van der Waals surface area contributed by atoms with Crippen LogP contribution in [0.3, 0.4) is 0 Å². The minimum Gasteiger partial charge on any atom is -0.370 e. The van der Waals surface area contributed by atoms with Crippen molar-refractivity contribution in [2.24, 2.45) is 0 Å². The number of benzene rings is 1. The summed E-state index contributed by atoms with van der Waals surface area (Å²) < 4.78 is 0. The zero-order valence-electron chi connectivity index (χ0n) is 9.21. The van der Waals surface area contributed by atoms with E-state index in [-0.39, 0.29) is 12.0 Å². The number of para-hydroxylation sites is 1. The van der Waals surface area contributed by atoms with Gasteiger partial charge in [0.05, 0.1) is 0 Å². The molecule has 1 aromatic rings. The molecule has 0 aromatic heterocycles. The molecule has 0 spiro atoms. The van der Waals surface area contributed by atoms with Gasteiger partial charge >= 0.3 is 0 Å². The van der Waals surface area contributed by atoms with Gasteiger partial charge < -0.3 is 10.4 Å². The molecule has 0 saturated carbocycles. The molecule has 2 rings (SSSR count). The molecule has 0 fully saturated rings. The maximum absolute atomic E-state index is 11.8. The number of fused-ring (bicyclic) bond motifs is 1. The van der Waals surface area contributed by atoms with Crippen LogP contribution in [0.4, 0.5) is 5.69 Å². The second kappa shape index (κ2) is 3.81. The molecule has 2 atom stereocenters. The van der Waals surface area contributed by atoms with Gasteiger partial charge in [0, 0.05) is 22.6 Å². The standard InChI is InChI=1S/C11H12N2O4/c1-2-9(13(16)17)11(15)7-5-3-4-6-8(7)12-10(11)14/h3-6,9,15H,2H2,1H3,(H,12,14)/t9-,11-/m0/s1. The van der Waals surface area contributed by atoms with Gasteiger partial charge in [0.1, 0.15) is 0 Å². The summed E-state index contributed by atoms with van der Waals surface area (Å²) in [6.45, 7) is 1.57. The molecule has 17 heavy (non-hydrogen) atoms. The summed E-state index contributed by atoms with van der Waals surface area (Å²) in [7, 11) is 0. The van der Waals surface area contributed by atoms with E-state index in [0.717, 1.165) is 0 Å². The quantitative estimate of drug-likeness (QED) is 0.602. The summed E-state index contributed by atoms with van der Waals surface area (Å²) in [5, 5.41) is 23.8. The van der Waals surface area contributed by atoms with E-state index in [1.807, 2.05) is 0 Å². The molecular weight excluding hydrogens is 224 g/mol. The van der Waals surface area contributed by atoms with Crippen molar-refractivity contribution in [3.63, 3.8) is 0 Å². The number of nitrogens with zero attached hydrogens (tertiary/aromatic N) is 1. The van der Waals surface area contributed by atoms with Crippen LogP contribution in [-0.4, -0.2) is 22.0 Å². The molecule has 1 aromatic carbocycles. The summed E-state index contributed by atoms with van der Waals surface area (Å²) in [6, 6.07) is 5.12. The molecule has 6 nitrogen and oxygen atoms in total. The summed E-state index contributed by atoms with van der Waals surface area (Å²) in [4.78, 5) is 22.1. The van der Waals surface area contributed by atoms with Gasteiger partial charge in [-0.25, -0.2) is 0 Å². The lowest BCUT2D eigenvalue weighted by Gasteiger charge is -2.23. The van der Waals surface area contributed by atoms with Crippen molar-refractivity contribution in [2.75, 3.05) is 5.32 Å². The number of carbonyl (C=O) groups is 1. The highest BCUT2D eigenvalue weighted by atomic mass is 16.6. The van der Waals surface area contributed by atoms with Crippen LogP contribution >= 0.6 is 0 Å². The molecule has 0 radical (unpaired) electrons. The first-order valence-corrected chi connectivity index (χ1v) is 5.28. The maximum atomic E-state index is 11.8. The minimum absolute atomic E-state index is 0.0747. The average molecular weight is 236 g/mol. The van der Waals surface area contributed by atoms with Crippen LogP contribution in [0.2, 0.25) is 0 Å². The van der Waals surface area contributed by atoms with Gasteiger partial charge in [-0.05, 0) is 6.07 Å². The third-order valence-electron chi connectivity index (χ3n) is 3.06. The van der Waals surface area contributed by atoms with Gasteiger partial charge in [-0.2, -0.15) is 0 Å². The fourth-order valence-corrected chi connectivity index (χ4v) is 2.19. The number of anilines is 1. The predicted octanol–water partition coefficient (Wildman–Crippen LogP) is 0.882. The first-order chi connectivity index (χ1) is 8.01. The van der Waals surface area contributed by atoms with Gasteiger partial charge in [0.25, 0.3) is 11.9 Å². The van der Waals surface area contributed by atoms with Crippen molar-refractivity contribution in [3.05, 3.63) is 39.9 Å². The lowest BCUT2D eigenvalue weighted by molar-refractivity contribution is -0.543. The Labute approximate surface area is 97.4 Å². The molecule has 1 amide bonds. The van der Waals surface area contributed by atoms with E-state index < -0.39 is 22.5 Å². The van der Waals surface area contributed by atoms with Crippen molar-refractivity contribution in [3.8, 4) is 0 Å². The fourth-order valence-electron chi connectivity index (χ4n) is 2.19. The SMILES string of the molecule is CC[C@H]([N+](=O)[O-])[C@]1(O)C(=O)Nc2ccccc21. The lowest BCUT2D eigenvalue weighted by Crippen LogP contribution is -2.49. The van der Waals surface area contributed by atoms with Crippen molar-refractivity contribution in [2.45, 2.75) is 25.0 Å². The smallest absolute Gasteiger partial charge is 0.268 e. The van der Waals surface area contributed by atoms with Crippen molar-refractivity contribution in [1.29, 1.82) is 0 Å². The molecular formula is C11H12N2O4. The number of carbonyl (C=O) groups excluding carboxylic acids is 1. The van der Waals surface area contributed by atoms with Crippen LogP contribution in [0.25, 0.3) is 0 Å². The largest absolute Gasteiger partial charge is 0.370 e. The van der Waals surface area contributed by atoms with Crippen molar-refractivity contribution < 1.29 is 14.8 Å². The Kier molecular flexibility index (Phi) is 2.59. The van der Waals surface area contributed by atoms with Crippen LogP contribution in [0.5, 0.6) is 0 Å². The molecule has 1 heterocycles. The van der Waals surface area contributed by atoms with E-state index in [4.69, 9.17) is 0 Å². The summed E-state index contributed by atoms with van der Waals surface area (Å²) in [5.74, 6) is -0.734. The van der Waals surface area contributed by atoms with Crippen LogP contribution in [0, 0.1) is 10.1 Å². The Hall–Kier alpha value is -1.95. The maximum Gasteiger partial charge on any atom is 0.268 e. The summed E-state index contributed by atoms with van der Waals surface area (Å²) in [5.41, 5.74) is -1.37. The Morgan fingerprint density at radius 2 is 2.18 bits per heavy atom. The third-order valence-corrected chi connectivity index (χ3v) is 3.06. The number of aliphatic hydroxyl groups is 1. The van der Waals surface area contributed by atoms with Crippen molar-refractivity contribution >= 4 is 11.6 Å². The Morgan fingerprint density at radius 3 is 2.76 bits per heavy atom. The molecule has 2 N–H and O–H groups in total. The lowest BCUT2D eigenvalue weighted by atomic mass is 9.86. The van der Waals surface area contributed by atoms with Crippen LogP contribution in [-0.2, 0) is 10.4 Å². The van der Waals surface area contributed by atoms with Gasteiger partial charge in [0.15, 0.2) is 0 Å². The monoisotopic (exact) mass is 236 g/mol. The number of amides is 1. The van der Waals surface area contributed by atoms with E-state index in [2.05, 4.69) is 5.32 Å². The number of hydrogen-bond acceptors (Lipinski definition) is 4. The fraction of sp³-hybridized carbons (Fsp3) is 0.364. The number of rotatable bonds is 3. The van der Waals surface area contributed by atoms with Crippen LogP contribution in [0.15, 0.2) is 24.3 Å². The van der Waals surface area contributed by atoms with E-state index >= 15 is 0 Å². The second-order valence-corrected chi connectivity index (χ2v) is 3.98. The first-order valence-electron chi connectivity index (χ1n) is 5.28. The highest BCUT2D eigenvalue weighted by Crippen LogP contribution is 2.39. The van der Waals surface area contributed by atoms with Crippen molar-refractivity contribution in [1.82, 2.24) is 0 Å². The molecule has 0 unspecified atom stereocenters. The number of nitro groups is 1. The zero-order chi connectivity index (χ0) is 12.6. The van der Waals surface area contributed by atoms with Gasteiger partial charge in [-0.15, -0.1) is 0 Å². The highest BCUT2D eigenvalue weighted by molar-refractivity contribution is 6.05. The van der Waals surface area contributed by atoms with Crippen LogP contribution < -0.4 is 5.32 Å². The summed E-state index contributed by atoms with van der Waals surface area (Å²) >= 11 is 0. The predicted molar refractivity (Wildman–Crippen MR) is 60.0 cm³/mol. The molecule has 1 aliphatic rings. The molecule has 1 aliphatic heterocycles. The Morgan fingerprint density at radius 1 is 1.53 bits per heavy atom. The van der Waals surface area contributed by atoms with Gasteiger partial charge in [-0.3, -0.25) is 14.9 Å². The number of hydrogen-bond donors (Lipinski definition) is 2. The van der Waals surface area contributed by atoms with E-state index in [1.165, 1.54) is 6.07 Å². The molecule has 90 valence electrons. The first kappa shape index (κ1) is 11.5. The normalized spacial score (nSPS) is 24.0. The number of nitrogens with one attached hydrogen (secondary N) is 1. The van der Waals surface area contributed by atoms with E-state index in [0.29, 0.717) is 5.69 Å². The van der Waals surface area contributed by atoms with Gasteiger partial charge in [0.2, 0.25) is 5.60 Å². The summed E-state index contributed by atoms with van der Waals surface area (Å²) in [6.07, 6.45) is 0.0747. The van der Waals surface area contributed by atoms with E-state index in [9.17, 15) is 20.0 Å². The molecule has 6 heteroatoms. The Balaban J connectivity index is 2.57. The topological polar surface area (TPSA) is 92.5 Å². The zero-order valence-corrected chi connectivity index (χ0v) is 9.21. The minimum atomic E-state index is -2.07. The highest BCUT2D eigenvalue weighted by Gasteiger charge is 2.56. The molecule has 0 aliphatic carbocycles. The third kappa shape index (κ3) is 1.49. The average Bonchev–Trinajstić information content (AvgIpc) is 2.53.